The van der Waals surface area contributed by atoms with Crippen molar-refractivity contribution in [2.75, 3.05) is 40.5 Å². The van der Waals surface area contributed by atoms with Gasteiger partial charge < -0.3 is 19.9 Å². The van der Waals surface area contributed by atoms with Crippen LogP contribution in [0.25, 0.3) is 0 Å². The number of rotatable bonds is 6. The van der Waals surface area contributed by atoms with Crippen LogP contribution < -0.4 is 5.73 Å². The van der Waals surface area contributed by atoms with Gasteiger partial charge in [0.05, 0.1) is 13.2 Å². The van der Waals surface area contributed by atoms with Crippen molar-refractivity contribution in [3.63, 3.8) is 0 Å². The van der Waals surface area contributed by atoms with E-state index in [-0.39, 0.29) is 17.4 Å². The molecule has 1 unspecified atom stereocenters. The summed E-state index contributed by atoms with van der Waals surface area (Å²) in [5.74, 6) is 0. The van der Waals surface area contributed by atoms with E-state index in [0.717, 1.165) is 26.2 Å². The lowest BCUT2D eigenvalue weighted by Gasteiger charge is -2.52. The summed E-state index contributed by atoms with van der Waals surface area (Å²) in [6, 6.07) is 0. The summed E-state index contributed by atoms with van der Waals surface area (Å²) in [6.45, 7) is 9.49. The molecule has 1 rings (SSSR count). The van der Waals surface area contributed by atoms with Crippen LogP contribution in [-0.2, 0) is 14.2 Å². The number of methoxy groups -OCH3 is 2. The van der Waals surface area contributed by atoms with Gasteiger partial charge in [0.25, 0.3) is 0 Å². The summed E-state index contributed by atoms with van der Waals surface area (Å²) >= 11 is 0. The number of hydrogen-bond acceptors (Lipinski definition) is 5. The molecule has 0 aromatic rings. The van der Waals surface area contributed by atoms with Gasteiger partial charge in [-0.1, -0.05) is 0 Å². The lowest BCUT2D eigenvalue weighted by Crippen LogP contribution is -2.65. The number of ether oxygens (including phenoxy) is 3. The highest BCUT2D eigenvalue weighted by Crippen LogP contribution is 2.31. The minimum Gasteiger partial charge on any atom is -0.378 e. The summed E-state index contributed by atoms with van der Waals surface area (Å²) in [5, 5.41) is 0. The summed E-state index contributed by atoms with van der Waals surface area (Å²) in [4.78, 5) is 2.43. The first-order valence-electron chi connectivity index (χ1n) is 6.51. The molecule has 1 fully saturated rings. The van der Waals surface area contributed by atoms with E-state index in [1.165, 1.54) is 0 Å². The Morgan fingerprint density at radius 3 is 2.44 bits per heavy atom. The van der Waals surface area contributed by atoms with Gasteiger partial charge >= 0.3 is 0 Å². The van der Waals surface area contributed by atoms with Gasteiger partial charge in [-0.05, 0) is 20.8 Å². The van der Waals surface area contributed by atoms with E-state index in [1.807, 2.05) is 0 Å². The Morgan fingerprint density at radius 2 is 2.00 bits per heavy atom. The topological polar surface area (TPSA) is 57.0 Å². The van der Waals surface area contributed by atoms with Crippen LogP contribution >= 0.6 is 0 Å². The van der Waals surface area contributed by atoms with E-state index >= 15 is 0 Å². The maximum absolute atomic E-state index is 6.02. The first kappa shape index (κ1) is 15.9. The molecule has 0 aliphatic carbocycles. The zero-order chi connectivity index (χ0) is 13.8. The Hall–Kier alpha value is -0.200. The normalized spacial score (nSPS) is 24.2. The first-order valence-corrected chi connectivity index (χ1v) is 6.51. The minimum atomic E-state index is -0.225. The van der Waals surface area contributed by atoms with Crippen LogP contribution in [0.5, 0.6) is 0 Å². The second kappa shape index (κ2) is 6.30. The molecule has 1 atom stereocenters. The van der Waals surface area contributed by atoms with Crippen molar-refractivity contribution in [1.82, 2.24) is 4.90 Å². The van der Waals surface area contributed by atoms with E-state index in [4.69, 9.17) is 19.9 Å². The van der Waals surface area contributed by atoms with Gasteiger partial charge in [-0.15, -0.1) is 0 Å². The smallest absolute Gasteiger partial charge is 0.158 e. The third-order valence-electron chi connectivity index (χ3n) is 3.87. The predicted molar refractivity (Wildman–Crippen MR) is 71.5 cm³/mol. The standard InChI is InChI=1S/C13H28N2O3/c1-12(2)10-18-7-6-15(12)13(3,9-14)8-11(16-4)17-5/h11H,6-10,14H2,1-5H3. The third-order valence-corrected chi connectivity index (χ3v) is 3.87. The zero-order valence-corrected chi connectivity index (χ0v) is 12.4. The molecule has 5 nitrogen and oxygen atoms in total. The Labute approximate surface area is 111 Å². The quantitative estimate of drug-likeness (QED) is 0.717. The van der Waals surface area contributed by atoms with Gasteiger partial charge in [-0.2, -0.15) is 0 Å². The van der Waals surface area contributed by atoms with Crippen LogP contribution in [-0.4, -0.2) is 62.8 Å². The number of nitrogens with zero attached hydrogens (tertiary/aromatic N) is 1. The molecule has 0 radical (unpaired) electrons. The molecule has 1 heterocycles. The first-order chi connectivity index (χ1) is 8.39. The molecule has 0 amide bonds. The SMILES string of the molecule is COC(CC(C)(CN)N1CCOCC1(C)C)OC. The lowest BCUT2D eigenvalue weighted by atomic mass is 9.88. The highest BCUT2D eigenvalue weighted by atomic mass is 16.7. The molecular formula is C13H28N2O3. The van der Waals surface area contributed by atoms with Crippen molar-refractivity contribution in [3.8, 4) is 0 Å². The summed E-state index contributed by atoms with van der Waals surface area (Å²) in [5.41, 5.74) is 5.86. The van der Waals surface area contributed by atoms with Crippen molar-refractivity contribution >= 4 is 0 Å². The molecule has 0 bridgehead atoms. The molecule has 0 aromatic carbocycles. The fraction of sp³-hybridized carbons (Fsp3) is 1.00. The number of morpholine rings is 1. The van der Waals surface area contributed by atoms with Crippen LogP contribution in [0.3, 0.4) is 0 Å². The van der Waals surface area contributed by atoms with Crippen molar-refractivity contribution in [1.29, 1.82) is 0 Å². The highest BCUT2D eigenvalue weighted by Gasteiger charge is 2.43. The van der Waals surface area contributed by atoms with Crippen molar-refractivity contribution < 1.29 is 14.2 Å². The molecular weight excluding hydrogens is 232 g/mol. The second-order valence-corrected chi connectivity index (χ2v) is 5.82. The van der Waals surface area contributed by atoms with Crippen molar-refractivity contribution in [2.45, 2.75) is 44.6 Å². The Bertz CT molecular complexity index is 257. The summed E-state index contributed by atoms with van der Waals surface area (Å²) in [6.07, 6.45) is 0.525. The molecule has 5 heteroatoms. The lowest BCUT2D eigenvalue weighted by molar-refractivity contribution is -0.155. The number of nitrogens with two attached hydrogens (primary N) is 1. The molecule has 0 spiro atoms. The van der Waals surface area contributed by atoms with Crippen LogP contribution in [0.4, 0.5) is 0 Å². The van der Waals surface area contributed by atoms with Crippen LogP contribution in [0, 0.1) is 0 Å². The maximum atomic E-state index is 6.02. The fourth-order valence-corrected chi connectivity index (χ4v) is 2.78. The number of hydrogen-bond donors (Lipinski definition) is 1. The maximum Gasteiger partial charge on any atom is 0.158 e. The van der Waals surface area contributed by atoms with E-state index in [1.54, 1.807) is 14.2 Å². The monoisotopic (exact) mass is 260 g/mol. The van der Waals surface area contributed by atoms with Crippen molar-refractivity contribution in [3.05, 3.63) is 0 Å². The molecule has 1 aliphatic rings. The Balaban J connectivity index is 2.84. The average molecular weight is 260 g/mol. The van der Waals surface area contributed by atoms with Gasteiger partial charge in [-0.3, -0.25) is 4.90 Å². The molecule has 0 saturated carbocycles. The van der Waals surface area contributed by atoms with Crippen LogP contribution in [0.15, 0.2) is 0 Å². The molecule has 2 N–H and O–H groups in total. The van der Waals surface area contributed by atoms with Gasteiger partial charge in [0.2, 0.25) is 0 Å². The Kier molecular flexibility index (Phi) is 5.55. The fourth-order valence-electron chi connectivity index (χ4n) is 2.78. The minimum absolute atomic E-state index is 0.0155. The Morgan fingerprint density at radius 1 is 1.39 bits per heavy atom. The largest absolute Gasteiger partial charge is 0.378 e. The van der Waals surface area contributed by atoms with Crippen LogP contribution in [0.1, 0.15) is 27.2 Å². The van der Waals surface area contributed by atoms with Gasteiger partial charge in [0.1, 0.15) is 0 Å². The van der Waals surface area contributed by atoms with Crippen LogP contribution in [0.2, 0.25) is 0 Å². The molecule has 1 saturated heterocycles. The van der Waals surface area contributed by atoms with E-state index in [9.17, 15) is 0 Å². The van der Waals surface area contributed by atoms with E-state index in [2.05, 4.69) is 25.7 Å². The van der Waals surface area contributed by atoms with E-state index in [0.29, 0.717) is 6.54 Å². The third kappa shape index (κ3) is 3.42. The summed E-state index contributed by atoms with van der Waals surface area (Å²) in [7, 11) is 3.32. The molecule has 108 valence electrons. The van der Waals surface area contributed by atoms with Crippen molar-refractivity contribution in [2.24, 2.45) is 5.73 Å². The second-order valence-electron chi connectivity index (χ2n) is 5.82. The van der Waals surface area contributed by atoms with Gasteiger partial charge in [0.15, 0.2) is 6.29 Å². The average Bonchev–Trinajstić information content (AvgIpc) is 2.35. The molecule has 18 heavy (non-hydrogen) atoms. The predicted octanol–water partition coefficient (Wildman–Crippen LogP) is 0.824. The molecule has 1 aliphatic heterocycles. The zero-order valence-electron chi connectivity index (χ0n) is 12.4. The molecule has 0 aromatic heterocycles. The van der Waals surface area contributed by atoms with Gasteiger partial charge in [0, 0.05) is 44.8 Å². The van der Waals surface area contributed by atoms with Gasteiger partial charge in [-0.25, -0.2) is 0 Å². The van der Waals surface area contributed by atoms with E-state index < -0.39 is 0 Å². The highest BCUT2D eigenvalue weighted by molar-refractivity contribution is 4.98. The summed E-state index contributed by atoms with van der Waals surface area (Å²) < 4.78 is 16.2.